The monoisotopic (exact) mass is 266 g/mol. The first-order valence-electron chi connectivity index (χ1n) is 6.11. The lowest BCUT2D eigenvalue weighted by Crippen LogP contribution is -2.47. The number of nitrogens with zero attached hydrogens (tertiary/aromatic N) is 2. The fraction of sp³-hybridized carbons (Fsp3) is 0.500. The molecular weight excluding hydrogens is 248 g/mol. The van der Waals surface area contributed by atoms with Crippen LogP contribution in [-0.4, -0.2) is 53.4 Å². The predicted octanol–water partition coefficient (Wildman–Crippen LogP) is 0.763. The van der Waals surface area contributed by atoms with Crippen molar-refractivity contribution in [3.8, 4) is 0 Å². The Balaban J connectivity index is 1.89. The number of ether oxygens (including phenoxy) is 1. The Morgan fingerprint density at radius 3 is 3.21 bits per heavy atom. The van der Waals surface area contributed by atoms with Gasteiger partial charge in [-0.05, 0) is 18.6 Å². The topological polar surface area (TPSA) is 101 Å². The van der Waals surface area contributed by atoms with Gasteiger partial charge in [-0.15, -0.1) is 0 Å². The fourth-order valence-corrected chi connectivity index (χ4v) is 1.97. The zero-order chi connectivity index (χ0) is 13.8. The van der Waals surface area contributed by atoms with Crippen LogP contribution in [0.5, 0.6) is 0 Å². The molecule has 1 atom stereocenters. The number of morpholine rings is 1. The fourth-order valence-electron chi connectivity index (χ4n) is 1.97. The molecule has 2 heterocycles. The number of nitrogen functional groups attached to an aromatic ring is 1. The minimum absolute atomic E-state index is 0.188. The van der Waals surface area contributed by atoms with Crippen molar-refractivity contribution in [1.29, 1.82) is 0 Å². The molecule has 1 amide bonds. The van der Waals surface area contributed by atoms with Crippen LogP contribution in [0.2, 0.25) is 0 Å². The van der Waals surface area contributed by atoms with E-state index in [4.69, 9.17) is 15.6 Å². The third kappa shape index (κ3) is 3.47. The summed E-state index contributed by atoms with van der Waals surface area (Å²) < 4.78 is 5.51. The summed E-state index contributed by atoms with van der Waals surface area (Å²) in [6.07, 6.45) is 0.623. The van der Waals surface area contributed by atoms with Gasteiger partial charge in [-0.1, -0.05) is 0 Å². The molecule has 0 spiro atoms. The molecule has 1 unspecified atom stereocenters. The molecule has 0 aromatic carbocycles. The summed E-state index contributed by atoms with van der Waals surface area (Å²) >= 11 is 0. The number of pyridine rings is 1. The van der Waals surface area contributed by atoms with E-state index in [0.29, 0.717) is 37.7 Å². The van der Waals surface area contributed by atoms with Crippen molar-refractivity contribution in [3.05, 3.63) is 17.8 Å². The molecule has 7 heteroatoms. The summed E-state index contributed by atoms with van der Waals surface area (Å²) in [6.45, 7) is 3.58. The molecule has 2 rings (SSSR count). The first-order chi connectivity index (χ1) is 9.06. The maximum absolute atomic E-state index is 10.9. The van der Waals surface area contributed by atoms with E-state index >= 15 is 0 Å². The number of rotatable bonds is 3. The highest BCUT2D eigenvalue weighted by Crippen LogP contribution is 2.16. The maximum Gasteiger partial charge on any atom is 0.407 e. The summed E-state index contributed by atoms with van der Waals surface area (Å²) in [7, 11) is 0. The molecule has 19 heavy (non-hydrogen) atoms. The zero-order valence-corrected chi connectivity index (χ0v) is 10.8. The second kappa shape index (κ2) is 5.75. The largest absolute Gasteiger partial charge is 0.465 e. The number of hydrogen-bond donors (Lipinski definition) is 3. The highest BCUT2D eigenvalue weighted by atomic mass is 16.5. The number of aryl methyl sites for hydroxylation is 1. The Morgan fingerprint density at radius 2 is 2.53 bits per heavy atom. The van der Waals surface area contributed by atoms with Crippen molar-refractivity contribution in [2.75, 3.05) is 37.3 Å². The first kappa shape index (κ1) is 13.4. The van der Waals surface area contributed by atoms with Crippen LogP contribution in [0.3, 0.4) is 0 Å². The molecule has 1 aliphatic rings. The normalized spacial score (nSPS) is 19.2. The van der Waals surface area contributed by atoms with Gasteiger partial charge in [0.1, 0.15) is 5.82 Å². The molecule has 7 nitrogen and oxygen atoms in total. The molecule has 1 aromatic rings. The molecule has 0 radical (unpaired) electrons. The number of nitrogens with one attached hydrogen (secondary N) is 1. The second-order valence-electron chi connectivity index (χ2n) is 4.55. The summed E-state index contributed by atoms with van der Waals surface area (Å²) in [4.78, 5) is 16.4. The zero-order valence-electron chi connectivity index (χ0n) is 10.8. The van der Waals surface area contributed by atoms with E-state index in [0.717, 1.165) is 5.56 Å². The Labute approximate surface area is 111 Å². The van der Waals surface area contributed by atoms with E-state index in [1.165, 1.54) is 4.90 Å². The molecule has 1 fully saturated rings. The first-order valence-corrected chi connectivity index (χ1v) is 6.11. The SMILES string of the molecule is Cc1cnc(NCC2CN(C(=O)O)CCO2)c(N)c1. The van der Waals surface area contributed by atoms with Crippen molar-refractivity contribution in [2.45, 2.75) is 13.0 Å². The molecule has 1 saturated heterocycles. The standard InChI is InChI=1S/C12H18N4O3/c1-8-4-10(13)11(14-5-8)15-6-9-7-16(12(17)18)2-3-19-9/h4-5,9H,2-3,6-7,13H2,1H3,(H,14,15)(H,17,18). The van der Waals surface area contributed by atoms with Crippen molar-refractivity contribution < 1.29 is 14.6 Å². The van der Waals surface area contributed by atoms with E-state index in [9.17, 15) is 4.79 Å². The molecule has 1 aromatic heterocycles. The van der Waals surface area contributed by atoms with Gasteiger partial charge in [0, 0.05) is 19.3 Å². The lowest BCUT2D eigenvalue weighted by Gasteiger charge is -2.31. The average Bonchev–Trinajstić information content (AvgIpc) is 2.38. The molecule has 4 N–H and O–H groups in total. The van der Waals surface area contributed by atoms with Gasteiger partial charge in [-0.25, -0.2) is 9.78 Å². The maximum atomic E-state index is 10.9. The predicted molar refractivity (Wildman–Crippen MR) is 71.2 cm³/mol. The number of aromatic nitrogens is 1. The highest BCUT2D eigenvalue weighted by molar-refractivity contribution is 5.65. The van der Waals surface area contributed by atoms with Gasteiger partial charge < -0.3 is 25.8 Å². The van der Waals surface area contributed by atoms with Gasteiger partial charge >= 0.3 is 6.09 Å². The van der Waals surface area contributed by atoms with E-state index < -0.39 is 6.09 Å². The van der Waals surface area contributed by atoms with Crippen LogP contribution in [0.1, 0.15) is 5.56 Å². The average molecular weight is 266 g/mol. The van der Waals surface area contributed by atoms with E-state index in [-0.39, 0.29) is 6.10 Å². The number of nitrogens with two attached hydrogens (primary N) is 1. The number of carboxylic acid groups (broad SMARTS) is 1. The quantitative estimate of drug-likeness (QED) is 0.747. The van der Waals surface area contributed by atoms with E-state index in [1.807, 2.05) is 13.0 Å². The van der Waals surface area contributed by atoms with Crippen molar-refractivity contribution >= 4 is 17.6 Å². The Bertz CT molecular complexity index is 466. The van der Waals surface area contributed by atoms with Gasteiger partial charge in [-0.3, -0.25) is 0 Å². The lowest BCUT2D eigenvalue weighted by molar-refractivity contribution is -0.0147. The van der Waals surface area contributed by atoms with Crippen LogP contribution in [0, 0.1) is 6.92 Å². The Morgan fingerprint density at radius 1 is 1.74 bits per heavy atom. The molecule has 0 aliphatic carbocycles. The minimum atomic E-state index is -0.915. The summed E-state index contributed by atoms with van der Waals surface area (Å²) in [5, 5.41) is 12.0. The van der Waals surface area contributed by atoms with E-state index in [2.05, 4.69) is 10.3 Å². The van der Waals surface area contributed by atoms with Crippen LogP contribution in [0.4, 0.5) is 16.3 Å². The third-order valence-corrected chi connectivity index (χ3v) is 2.96. The molecule has 0 saturated carbocycles. The van der Waals surface area contributed by atoms with Gasteiger partial charge in [0.25, 0.3) is 0 Å². The molecule has 0 bridgehead atoms. The smallest absolute Gasteiger partial charge is 0.407 e. The highest BCUT2D eigenvalue weighted by Gasteiger charge is 2.23. The van der Waals surface area contributed by atoms with Crippen molar-refractivity contribution in [3.63, 3.8) is 0 Å². The molecule has 104 valence electrons. The van der Waals surface area contributed by atoms with Gasteiger partial charge in [0.05, 0.1) is 24.9 Å². The lowest BCUT2D eigenvalue weighted by atomic mass is 10.2. The molecule has 1 aliphatic heterocycles. The van der Waals surface area contributed by atoms with Crippen LogP contribution in [-0.2, 0) is 4.74 Å². The van der Waals surface area contributed by atoms with Gasteiger partial charge in [-0.2, -0.15) is 0 Å². The van der Waals surface area contributed by atoms with Gasteiger partial charge in [0.15, 0.2) is 0 Å². The number of carbonyl (C=O) groups is 1. The van der Waals surface area contributed by atoms with E-state index in [1.54, 1.807) is 6.20 Å². The second-order valence-corrected chi connectivity index (χ2v) is 4.55. The van der Waals surface area contributed by atoms with Crippen molar-refractivity contribution in [1.82, 2.24) is 9.88 Å². The Hall–Kier alpha value is -2.02. The number of hydrogen-bond acceptors (Lipinski definition) is 5. The Kier molecular flexibility index (Phi) is 4.06. The number of anilines is 2. The van der Waals surface area contributed by atoms with Gasteiger partial charge in [0.2, 0.25) is 0 Å². The van der Waals surface area contributed by atoms with Crippen LogP contribution in [0.25, 0.3) is 0 Å². The number of amides is 1. The third-order valence-electron chi connectivity index (χ3n) is 2.96. The van der Waals surface area contributed by atoms with Crippen LogP contribution < -0.4 is 11.1 Å². The summed E-state index contributed by atoms with van der Waals surface area (Å²) in [5.41, 5.74) is 7.41. The van der Waals surface area contributed by atoms with Crippen LogP contribution >= 0.6 is 0 Å². The summed E-state index contributed by atoms with van der Waals surface area (Å²) in [6, 6.07) is 1.83. The van der Waals surface area contributed by atoms with Crippen LogP contribution in [0.15, 0.2) is 12.3 Å². The summed E-state index contributed by atoms with van der Waals surface area (Å²) in [5.74, 6) is 0.599. The minimum Gasteiger partial charge on any atom is -0.465 e. The molecular formula is C12H18N4O3. The van der Waals surface area contributed by atoms with Crippen molar-refractivity contribution in [2.24, 2.45) is 0 Å².